The Balaban J connectivity index is 1.30. The zero-order valence-corrected chi connectivity index (χ0v) is 21.4. The van der Waals surface area contributed by atoms with Gasteiger partial charge in [-0.25, -0.2) is 4.98 Å². The van der Waals surface area contributed by atoms with Gasteiger partial charge in [0.2, 0.25) is 5.79 Å². The Labute approximate surface area is 217 Å². The van der Waals surface area contributed by atoms with E-state index in [1.165, 1.54) is 0 Å². The van der Waals surface area contributed by atoms with E-state index in [0.717, 1.165) is 22.4 Å². The topological polar surface area (TPSA) is 76.2 Å². The Morgan fingerprint density at radius 1 is 1.17 bits per heavy atom. The van der Waals surface area contributed by atoms with Gasteiger partial charge < -0.3 is 18.8 Å². The van der Waals surface area contributed by atoms with Crippen molar-refractivity contribution in [3.63, 3.8) is 0 Å². The zero-order chi connectivity index (χ0) is 24.4. The summed E-state index contributed by atoms with van der Waals surface area (Å²) in [6.07, 6.45) is 6.95. The van der Waals surface area contributed by atoms with Crippen LogP contribution in [0, 0.1) is 6.92 Å². The van der Waals surface area contributed by atoms with Gasteiger partial charge >= 0.3 is 0 Å². The lowest BCUT2D eigenvalue weighted by atomic mass is 10.1. The van der Waals surface area contributed by atoms with E-state index in [1.54, 1.807) is 36.4 Å². The summed E-state index contributed by atoms with van der Waals surface area (Å²) in [5.41, 5.74) is 1.68. The van der Waals surface area contributed by atoms with Crippen LogP contribution in [0.5, 0.6) is 5.75 Å². The fourth-order valence-electron chi connectivity index (χ4n) is 4.03. The third kappa shape index (κ3) is 5.05. The molecule has 0 aliphatic carbocycles. The number of benzene rings is 2. The van der Waals surface area contributed by atoms with E-state index in [0.29, 0.717) is 35.4 Å². The first-order valence-electron chi connectivity index (χ1n) is 10.9. The highest BCUT2D eigenvalue weighted by Gasteiger charge is 2.45. The summed E-state index contributed by atoms with van der Waals surface area (Å²) in [4.78, 5) is 4.12. The molecule has 2 unspecified atom stereocenters. The van der Waals surface area contributed by atoms with Crippen molar-refractivity contribution in [2.75, 3.05) is 19.5 Å². The minimum Gasteiger partial charge on any atom is -0.491 e. The minimum absolute atomic E-state index is 0.298. The number of aryl methyl sites for hydroxylation is 1. The Morgan fingerprint density at radius 2 is 2.00 bits per heavy atom. The molecular formula is C24H23Cl2N5O3S. The van der Waals surface area contributed by atoms with E-state index in [1.807, 2.05) is 58.8 Å². The van der Waals surface area contributed by atoms with E-state index in [-0.39, 0.29) is 6.10 Å². The average molecular weight is 532 g/mol. The molecule has 0 saturated carbocycles. The molecule has 0 spiro atoms. The van der Waals surface area contributed by atoms with E-state index in [9.17, 15) is 0 Å². The molecule has 2 aromatic heterocycles. The van der Waals surface area contributed by atoms with Gasteiger partial charge in [-0.05, 0) is 49.6 Å². The number of hydrogen-bond acceptors (Lipinski definition) is 7. The van der Waals surface area contributed by atoms with Crippen molar-refractivity contribution < 1.29 is 14.2 Å². The molecule has 11 heteroatoms. The summed E-state index contributed by atoms with van der Waals surface area (Å²) in [5, 5.41) is 10.2. The number of thioether (sulfide) groups is 1. The third-order valence-electron chi connectivity index (χ3n) is 5.66. The molecular weight excluding hydrogens is 509 g/mol. The molecule has 2 atom stereocenters. The summed E-state index contributed by atoms with van der Waals surface area (Å²) in [7, 11) is 0. The Kier molecular flexibility index (Phi) is 7.04. The standard InChI is InChI=1S/C24H23Cl2N5O3S/c1-16-28-29-23(35-2)31(16)18-4-6-19(7-5-18)32-12-20-13-33-24(34-20,14-30-10-9-27-15-30)21-8-3-17(25)11-22(21)26/h3-11,15,20H,12-14H2,1-2H3. The fourth-order valence-corrected chi connectivity index (χ4v) is 5.12. The maximum Gasteiger partial charge on any atom is 0.215 e. The number of imidazole rings is 1. The highest BCUT2D eigenvalue weighted by molar-refractivity contribution is 7.98. The van der Waals surface area contributed by atoms with E-state index in [2.05, 4.69) is 15.2 Å². The second-order valence-electron chi connectivity index (χ2n) is 8.04. The van der Waals surface area contributed by atoms with Gasteiger partial charge in [0.05, 0.1) is 24.5 Å². The molecule has 35 heavy (non-hydrogen) atoms. The van der Waals surface area contributed by atoms with Crippen molar-refractivity contribution >= 4 is 35.0 Å². The lowest BCUT2D eigenvalue weighted by molar-refractivity contribution is -0.189. The molecule has 1 aliphatic rings. The number of hydrogen-bond donors (Lipinski definition) is 0. The van der Waals surface area contributed by atoms with E-state index in [4.69, 9.17) is 37.4 Å². The van der Waals surface area contributed by atoms with Crippen LogP contribution < -0.4 is 4.74 Å². The maximum atomic E-state index is 6.54. The van der Waals surface area contributed by atoms with E-state index >= 15 is 0 Å². The minimum atomic E-state index is -1.08. The van der Waals surface area contributed by atoms with Crippen molar-refractivity contribution in [2.24, 2.45) is 0 Å². The molecule has 0 amide bonds. The van der Waals surface area contributed by atoms with Crippen LogP contribution in [0.1, 0.15) is 11.4 Å². The van der Waals surface area contributed by atoms with Gasteiger partial charge in [0.25, 0.3) is 0 Å². The van der Waals surface area contributed by atoms with Crippen LogP contribution in [0.25, 0.3) is 5.69 Å². The summed E-state index contributed by atoms with van der Waals surface area (Å²) in [6.45, 7) is 2.98. The van der Waals surface area contributed by atoms with Gasteiger partial charge in [0.1, 0.15) is 24.3 Å². The smallest absolute Gasteiger partial charge is 0.215 e. The number of ether oxygens (including phenoxy) is 3. The molecule has 182 valence electrons. The summed E-state index contributed by atoms with van der Waals surface area (Å²) >= 11 is 14.2. The summed E-state index contributed by atoms with van der Waals surface area (Å²) in [6, 6.07) is 13.1. The lowest BCUT2D eigenvalue weighted by Crippen LogP contribution is -2.34. The van der Waals surface area contributed by atoms with Crippen molar-refractivity contribution in [1.82, 2.24) is 24.3 Å². The molecule has 4 aromatic rings. The predicted molar refractivity (Wildman–Crippen MR) is 135 cm³/mol. The Bertz CT molecular complexity index is 1300. The number of nitrogens with zero attached hydrogens (tertiary/aromatic N) is 5. The van der Waals surface area contributed by atoms with Crippen LogP contribution in [0.2, 0.25) is 10.0 Å². The molecule has 1 fully saturated rings. The SMILES string of the molecule is CSc1nnc(C)n1-c1ccc(OCC2COC(Cn3ccnc3)(c3ccc(Cl)cc3Cl)O2)cc1. The maximum absolute atomic E-state index is 6.54. The van der Waals surface area contributed by atoms with Crippen LogP contribution in [-0.2, 0) is 21.8 Å². The zero-order valence-electron chi connectivity index (χ0n) is 19.1. The molecule has 1 aliphatic heterocycles. The van der Waals surface area contributed by atoms with Gasteiger partial charge in [-0.3, -0.25) is 4.57 Å². The first-order valence-corrected chi connectivity index (χ1v) is 12.9. The first-order chi connectivity index (χ1) is 17.0. The molecule has 2 aromatic carbocycles. The highest BCUT2D eigenvalue weighted by Crippen LogP contribution is 2.40. The first kappa shape index (κ1) is 24.1. The largest absolute Gasteiger partial charge is 0.491 e. The van der Waals surface area contributed by atoms with Crippen LogP contribution >= 0.6 is 35.0 Å². The second kappa shape index (κ2) is 10.2. The molecule has 5 rings (SSSR count). The predicted octanol–water partition coefficient (Wildman–Crippen LogP) is 5.15. The number of aromatic nitrogens is 5. The monoisotopic (exact) mass is 531 g/mol. The molecule has 0 N–H and O–H groups in total. The van der Waals surface area contributed by atoms with Gasteiger partial charge in [0.15, 0.2) is 5.16 Å². The van der Waals surface area contributed by atoms with Gasteiger partial charge in [-0.15, -0.1) is 10.2 Å². The summed E-state index contributed by atoms with van der Waals surface area (Å²) < 4.78 is 22.6. The van der Waals surface area contributed by atoms with Gasteiger partial charge in [-0.2, -0.15) is 0 Å². The quantitative estimate of drug-likeness (QED) is 0.291. The Morgan fingerprint density at radius 3 is 2.71 bits per heavy atom. The fraction of sp³-hybridized carbons (Fsp3) is 0.292. The molecule has 3 heterocycles. The lowest BCUT2D eigenvalue weighted by Gasteiger charge is -2.30. The third-order valence-corrected chi connectivity index (χ3v) is 6.84. The van der Waals surface area contributed by atoms with Crippen LogP contribution in [0.4, 0.5) is 0 Å². The highest BCUT2D eigenvalue weighted by atomic mass is 35.5. The van der Waals surface area contributed by atoms with Crippen LogP contribution in [0.15, 0.2) is 66.3 Å². The normalized spacial score (nSPS) is 19.8. The van der Waals surface area contributed by atoms with Crippen LogP contribution in [-0.4, -0.2) is 49.9 Å². The van der Waals surface area contributed by atoms with Crippen molar-refractivity contribution in [2.45, 2.75) is 30.5 Å². The van der Waals surface area contributed by atoms with E-state index < -0.39 is 5.79 Å². The Hall–Kier alpha value is -2.56. The number of halogens is 2. The van der Waals surface area contributed by atoms with Crippen LogP contribution in [0.3, 0.4) is 0 Å². The summed E-state index contributed by atoms with van der Waals surface area (Å²) in [5.74, 6) is 0.473. The van der Waals surface area contributed by atoms with Gasteiger partial charge in [0, 0.05) is 28.7 Å². The molecule has 8 nitrogen and oxygen atoms in total. The van der Waals surface area contributed by atoms with Crippen molar-refractivity contribution in [3.05, 3.63) is 82.6 Å². The second-order valence-corrected chi connectivity index (χ2v) is 9.65. The molecule has 1 saturated heterocycles. The van der Waals surface area contributed by atoms with Gasteiger partial charge in [-0.1, -0.05) is 41.0 Å². The molecule has 0 radical (unpaired) electrons. The van der Waals surface area contributed by atoms with Crippen molar-refractivity contribution in [3.8, 4) is 11.4 Å². The molecule has 0 bridgehead atoms. The van der Waals surface area contributed by atoms with Crippen molar-refractivity contribution in [1.29, 1.82) is 0 Å². The average Bonchev–Trinajstić information content (AvgIpc) is 3.59. The number of rotatable bonds is 8.